The van der Waals surface area contributed by atoms with Crippen molar-refractivity contribution in [2.24, 2.45) is 0 Å². The Hall–Kier alpha value is -4.56. The molecular weight excluding hydrogens is 683 g/mol. The number of hydrogen-bond donors (Lipinski definition) is 3. The number of nitrogens with two attached hydrogens (primary N) is 1. The van der Waals surface area contributed by atoms with Gasteiger partial charge in [0, 0.05) is 93.8 Å². The van der Waals surface area contributed by atoms with E-state index in [1.165, 1.54) is 11.3 Å². The number of phenols is 1. The Balaban J connectivity index is 0.834. The van der Waals surface area contributed by atoms with Crippen molar-refractivity contribution in [2.75, 3.05) is 79.5 Å². The van der Waals surface area contributed by atoms with Crippen LogP contribution in [-0.2, 0) is 22.3 Å². The van der Waals surface area contributed by atoms with Crippen molar-refractivity contribution in [1.82, 2.24) is 25.1 Å². The van der Waals surface area contributed by atoms with E-state index < -0.39 is 6.29 Å². The number of nitrogens with zero attached hydrogens (tertiary/aromatic N) is 8. The lowest BCUT2D eigenvalue weighted by Gasteiger charge is -2.43. The van der Waals surface area contributed by atoms with Crippen LogP contribution in [0.25, 0.3) is 11.3 Å². The number of fused-ring (bicyclic) bond motifs is 2. The van der Waals surface area contributed by atoms with Gasteiger partial charge in [-0.05, 0) is 94.8 Å². The van der Waals surface area contributed by atoms with Gasteiger partial charge in [0.1, 0.15) is 11.6 Å². The topological polar surface area (TPSA) is 149 Å². The van der Waals surface area contributed by atoms with Gasteiger partial charge in [0.05, 0.1) is 23.6 Å². The summed E-state index contributed by atoms with van der Waals surface area (Å²) in [7, 11) is 0. The van der Waals surface area contributed by atoms with E-state index >= 15 is 0 Å². The van der Waals surface area contributed by atoms with E-state index in [4.69, 9.17) is 20.2 Å². The maximum atomic E-state index is 10.4. The minimum atomic E-state index is -0.778. The summed E-state index contributed by atoms with van der Waals surface area (Å²) >= 11 is 0. The Bertz CT molecular complexity index is 1820. The molecule has 3 unspecified atom stereocenters. The Kier molecular flexibility index (Phi) is 11.8. The molecule has 54 heavy (non-hydrogen) atoms. The molecule has 3 aromatic heterocycles. The molecule has 3 saturated heterocycles. The van der Waals surface area contributed by atoms with E-state index in [0.29, 0.717) is 48.9 Å². The number of ether oxygens (including phenoxy) is 2. The zero-order valence-corrected chi connectivity index (χ0v) is 31.8. The standard InChI is InChI=1S/C41H55N9O4/c1-41(2,3)54-39(52)28-47-17-19-48(20-18-47)38-13-10-29(25-44-38)15-22-53-21-6-7-30-23-31(14-16-43-30)50-32-11-12-33(50)27-49(26-32)36-24-35(45-46-40(36)42)34-8-4-5-9-37(34)51/h4-5,8-10,13-14,16,23-25,32-33,39,51-52H,6-7,11-12,15,17-22,26-28H2,1-3H3,(H2,42,46). The Morgan fingerprint density at radius 2 is 1.67 bits per heavy atom. The fraction of sp³-hybridized carbons (Fsp3) is 0.512. The molecule has 0 radical (unpaired) electrons. The predicted octanol–water partition coefficient (Wildman–Crippen LogP) is 4.53. The van der Waals surface area contributed by atoms with E-state index in [-0.39, 0.29) is 11.4 Å². The molecule has 0 spiro atoms. The predicted molar refractivity (Wildman–Crippen MR) is 212 cm³/mol. The van der Waals surface area contributed by atoms with Gasteiger partial charge in [-0.2, -0.15) is 0 Å². The summed E-state index contributed by atoms with van der Waals surface area (Å²) in [5, 5.41) is 29.2. The summed E-state index contributed by atoms with van der Waals surface area (Å²) in [5.74, 6) is 1.58. The molecule has 4 aromatic rings. The van der Waals surface area contributed by atoms with Gasteiger partial charge in [-0.1, -0.05) is 18.2 Å². The average molecular weight is 738 g/mol. The third-order valence-electron chi connectivity index (χ3n) is 10.6. The summed E-state index contributed by atoms with van der Waals surface area (Å²) in [6.45, 7) is 12.9. The van der Waals surface area contributed by atoms with E-state index in [1.54, 1.807) is 12.1 Å². The molecule has 6 heterocycles. The monoisotopic (exact) mass is 737 g/mol. The van der Waals surface area contributed by atoms with Crippen molar-refractivity contribution >= 4 is 23.0 Å². The van der Waals surface area contributed by atoms with E-state index in [1.807, 2.05) is 51.4 Å². The molecule has 3 atom stereocenters. The molecule has 0 aliphatic carbocycles. The third kappa shape index (κ3) is 9.38. The number of aliphatic hydroxyl groups is 1. The highest BCUT2D eigenvalue weighted by molar-refractivity contribution is 5.74. The first kappa shape index (κ1) is 37.7. The molecular formula is C41H55N9O4. The molecule has 3 aliphatic rings. The van der Waals surface area contributed by atoms with Crippen molar-refractivity contribution in [2.45, 2.75) is 76.9 Å². The number of aromatic nitrogens is 4. The lowest BCUT2D eigenvalue weighted by molar-refractivity contribution is -0.174. The van der Waals surface area contributed by atoms with Gasteiger partial charge in [-0.25, -0.2) is 4.98 Å². The summed E-state index contributed by atoms with van der Waals surface area (Å²) in [6, 6.07) is 18.5. The molecule has 2 bridgehead atoms. The van der Waals surface area contributed by atoms with E-state index in [9.17, 15) is 10.2 Å². The van der Waals surface area contributed by atoms with Crippen LogP contribution in [0.4, 0.5) is 23.0 Å². The SMILES string of the molecule is CC(C)(C)OC(O)CN1CCN(c2ccc(CCOCCCc3cc(N4C5CCC4CN(c4cc(-c6ccccc6O)nnc4N)C5)ccn3)cn2)CC1. The van der Waals surface area contributed by atoms with Crippen molar-refractivity contribution in [3.63, 3.8) is 0 Å². The summed E-state index contributed by atoms with van der Waals surface area (Å²) < 4.78 is 11.7. The lowest BCUT2D eigenvalue weighted by atomic mass is 10.1. The molecule has 13 heteroatoms. The average Bonchev–Trinajstić information content (AvgIpc) is 3.42. The van der Waals surface area contributed by atoms with Crippen LogP contribution in [0.3, 0.4) is 0 Å². The number of β-amino-alcohol motifs (C(OH)–C–C–N with tert-alkyl or cyclic N) is 1. The number of piperazine rings is 2. The number of aryl methyl sites for hydroxylation is 1. The Morgan fingerprint density at radius 3 is 2.39 bits per heavy atom. The molecule has 7 rings (SSSR count). The molecule has 3 fully saturated rings. The van der Waals surface area contributed by atoms with Crippen LogP contribution in [0.1, 0.15) is 51.3 Å². The normalized spacial score (nSPS) is 19.7. The van der Waals surface area contributed by atoms with Crippen molar-refractivity contribution < 1.29 is 19.7 Å². The van der Waals surface area contributed by atoms with Gasteiger partial charge >= 0.3 is 0 Å². The Labute approximate surface area is 318 Å². The molecule has 3 aliphatic heterocycles. The highest BCUT2D eigenvalue weighted by Gasteiger charge is 2.41. The van der Waals surface area contributed by atoms with Crippen LogP contribution in [0.5, 0.6) is 5.75 Å². The number of phenolic OH excluding ortho intramolecular Hbond substituents is 1. The largest absolute Gasteiger partial charge is 0.507 e. The van der Waals surface area contributed by atoms with Gasteiger partial charge in [-0.3, -0.25) is 9.88 Å². The molecule has 288 valence electrons. The molecule has 0 saturated carbocycles. The van der Waals surface area contributed by atoms with Gasteiger partial charge < -0.3 is 40.1 Å². The number of anilines is 4. The Morgan fingerprint density at radius 1 is 0.889 bits per heavy atom. The van der Waals surface area contributed by atoms with Crippen LogP contribution in [-0.4, -0.2) is 118 Å². The van der Waals surface area contributed by atoms with Gasteiger partial charge in [0.2, 0.25) is 0 Å². The second-order valence-electron chi connectivity index (χ2n) is 15.7. The number of benzene rings is 1. The van der Waals surface area contributed by atoms with Crippen molar-refractivity contribution in [3.05, 3.63) is 78.2 Å². The van der Waals surface area contributed by atoms with Gasteiger partial charge in [0.25, 0.3) is 0 Å². The minimum Gasteiger partial charge on any atom is -0.507 e. The third-order valence-corrected chi connectivity index (χ3v) is 10.6. The van der Waals surface area contributed by atoms with Crippen LogP contribution in [0.2, 0.25) is 0 Å². The van der Waals surface area contributed by atoms with Gasteiger partial charge in [0.15, 0.2) is 12.1 Å². The first-order chi connectivity index (χ1) is 26.1. The van der Waals surface area contributed by atoms with E-state index in [0.717, 1.165) is 88.6 Å². The highest BCUT2D eigenvalue weighted by atomic mass is 16.6. The maximum absolute atomic E-state index is 10.4. The zero-order chi connectivity index (χ0) is 37.7. The fourth-order valence-corrected chi connectivity index (χ4v) is 7.98. The first-order valence-electron chi connectivity index (χ1n) is 19.4. The number of hydrogen-bond acceptors (Lipinski definition) is 13. The number of aromatic hydroxyl groups is 1. The summed E-state index contributed by atoms with van der Waals surface area (Å²) in [5.41, 5.74) is 11.6. The zero-order valence-electron chi connectivity index (χ0n) is 31.8. The fourth-order valence-electron chi connectivity index (χ4n) is 7.98. The van der Waals surface area contributed by atoms with Crippen LogP contribution in [0.15, 0.2) is 67.0 Å². The maximum Gasteiger partial charge on any atom is 0.169 e. The molecule has 13 nitrogen and oxygen atoms in total. The number of para-hydroxylation sites is 1. The van der Waals surface area contributed by atoms with Gasteiger partial charge in [-0.15, -0.1) is 10.2 Å². The minimum absolute atomic E-state index is 0.176. The molecule has 4 N–H and O–H groups in total. The second kappa shape index (κ2) is 16.8. The quantitative estimate of drug-likeness (QED) is 0.123. The smallest absolute Gasteiger partial charge is 0.169 e. The molecule has 0 amide bonds. The first-order valence-corrected chi connectivity index (χ1v) is 19.4. The second-order valence-corrected chi connectivity index (χ2v) is 15.7. The summed E-state index contributed by atoms with van der Waals surface area (Å²) in [6.07, 6.45) is 7.96. The lowest BCUT2D eigenvalue weighted by Crippen LogP contribution is -2.54. The number of pyridine rings is 2. The van der Waals surface area contributed by atoms with E-state index in [2.05, 4.69) is 59.0 Å². The van der Waals surface area contributed by atoms with Crippen LogP contribution >= 0.6 is 0 Å². The number of aliphatic hydroxyl groups excluding tert-OH is 1. The highest BCUT2D eigenvalue weighted by Crippen LogP contribution is 2.39. The van der Waals surface area contributed by atoms with Crippen molar-refractivity contribution in [1.29, 1.82) is 0 Å². The van der Waals surface area contributed by atoms with Crippen LogP contribution < -0.4 is 20.4 Å². The summed E-state index contributed by atoms with van der Waals surface area (Å²) in [4.78, 5) is 18.9. The van der Waals surface area contributed by atoms with Crippen LogP contribution in [0, 0.1) is 0 Å². The van der Waals surface area contributed by atoms with Crippen molar-refractivity contribution in [3.8, 4) is 17.0 Å². The molecule has 1 aromatic carbocycles. The number of rotatable bonds is 14. The number of nitrogen functional groups attached to an aromatic ring is 1.